The predicted molar refractivity (Wildman–Crippen MR) is 107 cm³/mol. The van der Waals surface area contributed by atoms with Crippen molar-refractivity contribution in [2.75, 3.05) is 0 Å². The van der Waals surface area contributed by atoms with Crippen LogP contribution in [-0.4, -0.2) is 16.0 Å². The molecule has 4 aromatic rings. The highest BCUT2D eigenvalue weighted by Crippen LogP contribution is 2.41. The first-order valence-electron chi connectivity index (χ1n) is 9.47. The summed E-state index contributed by atoms with van der Waals surface area (Å²) in [4.78, 5) is 17.7. The zero-order valence-electron chi connectivity index (χ0n) is 15.3. The van der Waals surface area contributed by atoms with Gasteiger partial charge >= 0.3 is 0 Å². The highest BCUT2D eigenvalue weighted by Gasteiger charge is 2.29. The van der Waals surface area contributed by atoms with E-state index in [1.807, 2.05) is 66.7 Å². The zero-order chi connectivity index (χ0) is 18.9. The number of carbonyl (C=O) groups is 1. The summed E-state index contributed by atoms with van der Waals surface area (Å²) in [5, 5.41) is 7.92. The van der Waals surface area contributed by atoms with E-state index in [9.17, 15) is 4.79 Å². The molecule has 1 saturated carbocycles. The van der Waals surface area contributed by atoms with Gasteiger partial charge in [-0.1, -0.05) is 65.8 Å². The molecule has 0 saturated heterocycles. The first-order valence-corrected chi connectivity index (χ1v) is 9.47. The second kappa shape index (κ2) is 6.93. The maximum Gasteiger partial charge on any atom is 0.259 e. The summed E-state index contributed by atoms with van der Waals surface area (Å²) in [5.41, 5.74) is 4.51. The summed E-state index contributed by atoms with van der Waals surface area (Å²) in [6.45, 7) is 0.466. The van der Waals surface area contributed by atoms with Crippen LogP contribution in [0.15, 0.2) is 71.3 Å². The van der Waals surface area contributed by atoms with E-state index in [2.05, 4.69) is 15.5 Å². The summed E-state index contributed by atoms with van der Waals surface area (Å²) in [5.74, 6) is 0.272. The highest BCUT2D eigenvalue weighted by atomic mass is 16.5. The zero-order valence-corrected chi connectivity index (χ0v) is 15.3. The Hall–Kier alpha value is -3.47. The number of carbonyl (C=O) groups excluding carboxylic acids is 1. The van der Waals surface area contributed by atoms with Crippen molar-refractivity contribution in [1.29, 1.82) is 0 Å². The van der Waals surface area contributed by atoms with Crippen LogP contribution in [0.3, 0.4) is 0 Å². The van der Waals surface area contributed by atoms with Gasteiger partial charge in [-0.25, -0.2) is 4.98 Å². The number of amides is 1. The van der Waals surface area contributed by atoms with Crippen molar-refractivity contribution in [3.63, 3.8) is 0 Å². The van der Waals surface area contributed by atoms with Gasteiger partial charge in [-0.2, -0.15) is 0 Å². The highest BCUT2D eigenvalue weighted by molar-refractivity contribution is 6.09. The van der Waals surface area contributed by atoms with E-state index in [1.54, 1.807) is 0 Å². The standard InChI is InChI=1S/C23H19N3O2/c27-22(24-14-15-7-3-1-4-8-15)18-13-19(16-11-12-16)25-23-20(18)21(26-28-23)17-9-5-2-6-10-17/h1-10,13,16H,11-12,14H2,(H,24,27). The van der Waals surface area contributed by atoms with Gasteiger partial charge in [0.25, 0.3) is 11.6 Å². The van der Waals surface area contributed by atoms with E-state index >= 15 is 0 Å². The average Bonchev–Trinajstić information content (AvgIpc) is 3.52. The molecular weight excluding hydrogens is 350 g/mol. The lowest BCUT2D eigenvalue weighted by atomic mass is 10.0. The van der Waals surface area contributed by atoms with Crippen molar-refractivity contribution in [1.82, 2.24) is 15.5 Å². The molecule has 0 spiro atoms. The van der Waals surface area contributed by atoms with Gasteiger partial charge < -0.3 is 9.84 Å². The molecule has 0 unspecified atom stereocenters. The third-order valence-electron chi connectivity index (χ3n) is 5.05. The van der Waals surface area contributed by atoms with E-state index in [1.165, 1.54) is 0 Å². The number of nitrogens with one attached hydrogen (secondary N) is 1. The van der Waals surface area contributed by atoms with Crippen LogP contribution in [0.25, 0.3) is 22.4 Å². The summed E-state index contributed by atoms with van der Waals surface area (Å²) in [7, 11) is 0. The monoisotopic (exact) mass is 369 g/mol. The minimum absolute atomic E-state index is 0.140. The van der Waals surface area contributed by atoms with Crippen LogP contribution in [0.1, 0.15) is 40.4 Å². The van der Waals surface area contributed by atoms with Gasteiger partial charge in [0.2, 0.25) is 0 Å². The molecule has 0 radical (unpaired) electrons. The van der Waals surface area contributed by atoms with Crippen LogP contribution in [0.4, 0.5) is 0 Å². The second-order valence-corrected chi connectivity index (χ2v) is 7.11. The lowest BCUT2D eigenvalue weighted by molar-refractivity contribution is 0.0952. The molecular formula is C23H19N3O2. The Morgan fingerprint density at radius 3 is 2.46 bits per heavy atom. The summed E-state index contributed by atoms with van der Waals surface area (Å²) in [6.07, 6.45) is 2.20. The Balaban J connectivity index is 1.57. The molecule has 138 valence electrons. The molecule has 1 aliphatic carbocycles. The van der Waals surface area contributed by atoms with Crippen molar-refractivity contribution < 1.29 is 9.32 Å². The van der Waals surface area contributed by atoms with Crippen LogP contribution in [-0.2, 0) is 6.54 Å². The van der Waals surface area contributed by atoms with Gasteiger partial charge in [0.15, 0.2) is 0 Å². The first-order chi connectivity index (χ1) is 13.8. The normalized spacial score (nSPS) is 13.6. The fourth-order valence-corrected chi connectivity index (χ4v) is 3.40. The van der Waals surface area contributed by atoms with Crippen LogP contribution in [0, 0.1) is 0 Å². The fraction of sp³-hybridized carbons (Fsp3) is 0.174. The lowest BCUT2D eigenvalue weighted by Gasteiger charge is -2.08. The molecule has 0 bridgehead atoms. The van der Waals surface area contributed by atoms with Gasteiger partial charge in [0.1, 0.15) is 5.69 Å². The third-order valence-corrected chi connectivity index (χ3v) is 5.05. The van der Waals surface area contributed by atoms with Crippen molar-refractivity contribution in [2.45, 2.75) is 25.3 Å². The van der Waals surface area contributed by atoms with Crippen molar-refractivity contribution in [3.8, 4) is 11.3 Å². The minimum atomic E-state index is -0.140. The Labute approximate surface area is 162 Å². The number of nitrogens with zero attached hydrogens (tertiary/aromatic N) is 2. The third kappa shape index (κ3) is 3.16. The molecule has 5 nitrogen and oxygen atoms in total. The quantitative estimate of drug-likeness (QED) is 0.554. The fourth-order valence-electron chi connectivity index (χ4n) is 3.40. The van der Waals surface area contributed by atoms with Gasteiger partial charge in [-0.05, 0) is 24.5 Å². The molecule has 0 atom stereocenters. The molecule has 1 fully saturated rings. The minimum Gasteiger partial charge on any atom is -0.348 e. The molecule has 1 aliphatic rings. The average molecular weight is 369 g/mol. The molecule has 1 amide bonds. The van der Waals surface area contributed by atoms with E-state index in [-0.39, 0.29) is 5.91 Å². The van der Waals surface area contributed by atoms with Gasteiger partial charge in [0.05, 0.1) is 10.9 Å². The molecule has 2 heterocycles. The van der Waals surface area contributed by atoms with E-state index in [0.29, 0.717) is 34.8 Å². The second-order valence-electron chi connectivity index (χ2n) is 7.11. The molecule has 5 rings (SSSR count). The van der Waals surface area contributed by atoms with Gasteiger partial charge in [-0.3, -0.25) is 4.79 Å². The molecule has 2 aromatic heterocycles. The predicted octanol–water partition coefficient (Wildman–Crippen LogP) is 4.70. The van der Waals surface area contributed by atoms with E-state index in [0.717, 1.165) is 29.7 Å². The van der Waals surface area contributed by atoms with Crippen molar-refractivity contribution in [3.05, 3.63) is 83.6 Å². The van der Waals surface area contributed by atoms with Crippen molar-refractivity contribution >= 4 is 17.0 Å². The number of hydrogen-bond acceptors (Lipinski definition) is 4. The number of aromatic nitrogens is 2. The number of fused-ring (bicyclic) bond motifs is 1. The number of hydrogen-bond donors (Lipinski definition) is 1. The molecule has 1 N–H and O–H groups in total. The maximum atomic E-state index is 13.1. The van der Waals surface area contributed by atoms with Crippen LogP contribution >= 0.6 is 0 Å². The van der Waals surface area contributed by atoms with Crippen molar-refractivity contribution in [2.24, 2.45) is 0 Å². The summed E-state index contributed by atoms with van der Waals surface area (Å²) >= 11 is 0. The van der Waals surface area contributed by atoms with Crippen LogP contribution in [0.2, 0.25) is 0 Å². The van der Waals surface area contributed by atoms with E-state index < -0.39 is 0 Å². The van der Waals surface area contributed by atoms with E-state index in [4.69, 9.17) is 4.52 Å². The number of pyridine rings is 1. The molecule has 2 aromatic carbocycles. The van der Waals surface area contributed by atoms with Crippen LogP contribution in [0.5, 0.6) is 0 Å². The molecule has 28 heavy (non-hydrogen) atoms. The van der Waals surface area contributed by atoms with Gasteiger partial charge in [-0.15, -0.1) is 0 Å². The SMILES string of the molecule is O=C(NCc1ccccc1)c1cc(C2CC2)nc2onc(-c3ccccc3)c12. The lowest BCUT2D eigenvalue weighted by Crippen LogP contribution is -2.23. The Bertz CT molecular complexity index is 1130. The van der Waals surface area contributed by atoms with Gasteiger partial charge in [0, 0.05) is 23.7 Å². The van der Waals surface area contributed by atoms with Crippen LogP contribution < -0.4 is 5.32 Å². The number of rotatable bonds is 5. The summed E-state index contributed by atoms with van der Waals surface area (Å²) < 4.78 is 5.53. The largest absolute Gasteiger partial charge is 0.348 e. The smallest absolute Gasteiger partial charge is 0.259 e. The number of benzene rings is 2. The Morgan fingerprint density at radius 1 is 1.04 bits per heavy atom. The maximum absolute atomic E-state index is 13.1. The topological polar surface area (TPSA) is 68.0 Å². The molecule has 0 aliphatic heterocycles. The molecule has 5 heteroatoms. The first kappa shape index (κ1) is 16.7. The summed E-state index contributed by atoms with van der Waals surface area (Å²) in [6, 6.07) is 21.5. The Kier molecular flexibility index (Phi) is 4.13. The Morgan fingerprint density at radius 2 is 1.75 bits per heavy atom.